The molecular formula is C30H40BrN3O6. The van der Waals surface area contributed by atoms with Gasteiger partial charge in [0.05, 0.1) is 30.6 Å². The van der Waals surface area contributed by atoms with Gasteiger partial charge < -0.3 is 29.3 Å². The first-order valence-electron chi connectivity index (χ1n) is 14.0. The van der Waals surface area contributed by atoms with E-state index >= 15 is 0 Å². The van der Waals surface area contributed by atoms with E-state index in [1.165, 1.54) is 11.0 Å². The SMILES string of the molecule is C=CCOC(=O)[C@H]1[C@@H]2OC3(CC2Br)C(C(=O)N(CC=C)c2ccc(N(CC)CC)cc2)N([C@@H](CC)CO)C(=O)[C@H]13. The highest BCUT2D eigenvalue weighted by Crippen LogP contribution is 2.60. The van der Waals surface area contributed by atoms with Gasteiger partial charge in [-0.2, -0.15) is 0 Å². The van der Waals surface area contributed by atoms with Gasteiger partial charge in [0.2, 0.25) is 5.91 Å². The molecule has 1 N–H and O–H groups in total. The normalized spacial score (nSPS) is 29.2. The number of hydrogen-bond acceptors (Lipinski definition) is 7. The topological polar surface area (TPSA) is 99.6 Å². The van der Waals surface area contributed by atoms with Crippen molar-refractivity contribution in [3.05, 3.63) is 49.6 Å². The molecule has 3 fully saturated rings. The summed E-state index contributed by atoms with van der Waals surface area (Å²) in [4.78, 5) is 47.0. The molecule has 0 radical (unpaired) electrons. The molecule has 0 saturated carbocycles. The number of anilines is 2. The molecule has 2 amide bonds. The Morgan fingerprint density at radius 3 is 2.40 bits per heavy atom. The minimum atomic E-state index is -1.24. The number of carbonyl (C=O) groups excluding carboxylic acids is 3. The minimum absolute atomic E-state index is 0.0137. The quantitative estimate of drug-likeness (QED) is 0.206. The summed E-state index contributed by atoms with van der Waals surface area (Å²) in [7, 11) is 0. The van der Waals surface area contributed by atoms with Crippen LogP contribution >= 0.6 is 15.9 Å². The zero-order chi connectivity index (χ0) is 29.2. The van der Waals surface area contributed by atoms with E-state index in [0.29, 0.717) is 18.5 Å². The highest BCUT2D eigenvalue weighted by molar-refractivity contribution is 9.09. The number of ether oxygens (including phenoxy) is 2. The third-order valence-electron chi connectivity index (χ3n) is 8.52. The summed E-state index contributed by atoms with van der Waals surface area (Å²) in [6, 6.07) is 6.09. The van der Waals surface area contributed by atoms with Crippen molar-refractivity contribution < 1.29 is 29.0 Å². The number of halogens is 1. The summed E-state index contributed by atoms with van der Waals surface area (Å²) in [5.41, 5.74) is 0.465. The second-order valence-electron chi connectivity index (χ2n) is 10.5. The number of fused-ring (bicyclic) bond motifs is 1. The van der Waals surface area contributed by atoms with E-state index in [-0.39, 0.29) is 36.4 Å². The Bertz CT molecular complexity index is 1120. The molecule has 1 aromatic carbocycles. The van der Waals surface area contributed by atoms with Crippen LogP contribution in [0.15, 0.2) is 49.6 Å². The van der Waals surface area contributed by atoms with Gasteiger partial charge in [-0.3, -0.25) is 14.4 Å². The van der Waals surface area contributed by atoms with E-state index in [2.05, 4.69) is 47.8 Å². The number of amides is 2. The number of aliphatic hydroxyl groups excluding tert-OH is 1. The number of alkyl halides is 1. The van der Waals surface area contributed by atoms with E-state index < -0.39 is 41.6 Å². The first-order valence-corrected chi connectivity index (χ1v) is 15.0. The molecule has 1 spiro atoms. The maximum absolute atomic E-state index is 14.6. The number of likely N-dealkylation sites (tertiary alicyclic amines) is 1. The van der Waals surface area contributed by atoms with Gasteiger partial charge in [0.1, 0.15) is 18.2 Å². The summed E-state index contributed by atoms with van der Waals surface area (Å²) >= 11 is 3.66. The molecule has 2 bridgehead atoms. The zero-order valence-electron chi connectivity index (χ0n) is 23.5. The smallest absolute Gasteiger partial charge is 0.312 e. The Morgan fingerprint density at radius 2 is 1.85 bits per heavy atom. The van der Waals surface area contributed by atoms with Gasteiger partial charge in [-0.15, -0.1) is 6.58 Å². The molecule has 3 heterocycles. The summed E-state index contributed by atoms with van der Waals surface area (Å²) in [6.45, 7) is 15.1. The van der Waals surface area contributed by atoms with Crippen LogP contribution in [0.5, 0.6) is 0 Å². The molecule has 0 aliphatic carbocycles. The number of rotatable bonds is 13. The number of esters is 1. The fourth-order valence-electron chi connectivity index (χ4n) is 6.69. The van der Waals surface area contributed by atoms with E-state index in [1.807, 2.05) is 31.2 Å². The molecule has 1 aromatic rings. The molecule has 0 aromatic heterocycles. The van der Waals surface area contributed by atoms with Crippen molar-refractivity contribution in [2.45, 2.75) is 62.2 Å². The Kier molecular flexibility index (Phi) is 9.42. The van der Waals surface area contributed by atoms with E-state index in [1.54, 1.807) is 11.0 Å². The molecule has 3 aliphatic rings. The molecule has 3 unspecified atom stereocenters. The Labute approximate surface area is 244 Å². The minimum Gasteiger partial charge on any atom is -0.461 e. The average Bonchev–Trinajstić information content (AvgIpc) is 3.55. The fourth-order valence-corrected chi connectivity index (χ4v) is 7.63. The lowest BCUT2D eigenvalue weighted by atomic mass is 9.70. The van der Waals surface area contributed by atoms with Crippen molar-refractivity contribution in [3.63, 3.8) is 0 Å². The largest absolute Gasteiger partial charge is 0.461 e. The van der Waals surface area contributed by atoms with Gasteiger partial charge in [0, 0.05) is 35.8 Å². The van der Waals surface area contributed by atoms with Crippen molar-refractivity contribution in [2.75, 3.05) is 42.6 Å². The van der Waals surface area contributed by atoms with Crippen LogP contribution in [-0.4, -0.2) is 89.3 Å². The van der Waals surface area contributed by atoms with Crippen LogP contribution in [0.4, 0.5) is 11.4 Å². The Morgan fingerprint density at radius 1 is 1.20 bits per heavy atom. The Balaban J connectivity index is 1.78. The van der Waals surface area contributed by atoms with Gasteiger partial charge in [-0.1, -0.05) is 41.6 Å². The van der Waals surface area contributed by atoms with Crippen LogP contribution in [0.2, 0.25) is 0 Å². The van der Waals surface area contributed by atoms with Crippen molar-refractivity contribution in [1.82, 2.24) is 4.90 Å². The monoisotopic (exact) mass is 617 g/mol. The number of aliphatic hydroxyl groups is 1. The Hall–Kier alpha value is -2.69. The van der Waals surface area contributed by atoms with Gasteiger partial charge in [0.25, 0.3) is 5.91 Å². The molecule has 7 atom stereocenters. The standard InChI is InChI=1S/C30H40BrN3O6/c1-6-15-33(21-13-11-20(12-14-21)32(9-4)10-5)28(37)26-30-17-22(31)25(40-30)23(29(38)39-16-7-2)24(30)27(36)34(26)19(8-3)18-35/h6-7,11-14,19,22-26,35H,1-2,8-10,15-18H2,3-5H3/t19-,22?,23+,24-,25+,26?,30?/m0/s1. The van der Waals surface area contributed by atoms with Crippen molar-refractivity contribution >= 4 is 45.1 Å². The van der Waals surface area contributed by atoms with Crippen molar-refractivity contribution in [1.29, 1.82) is 0 Å². The lowest BCUT2D eigenvalue weighted by Crippen LogP contribution is -2.59. The molecule has 4 rings (SSSR count). The van der Waals surface area contributed by atoms with Crippen LogP contribution in [0.1, 0.15) is 33.6 Å². The third kappa shape index (κ3) is 4.88. The van der Waals surface area contributed by atoms with Crippen LogP contribution < -0.4 is 9.80 Å². The van der Waals surface area contributed by atoms with E-state index in [4.69, 9.17) is 9.47 Å². The zero-order valence-corrected chi connectivity index (χ0v) is 25.1. The molecule has 9 nitrogen and oxygen atoms in total. The van der Waals surface area contributed by atoms with E-state index in [0.717, 1.165) is 18.8 Å². The summed E-state index contributed by atoms with van der Waals surface area (Å²) in [5.74, 6) is -3.01. The van der Waals surface area contributed by atoms with Gasteiger partial charge in [-0.25, -0.2) is 0 Å². The highest BCUT2D eigenvalue weighted by Gasteiger charge is 2.77. The molecular weight excluding hydrogens is 578 g/mol. The van der Waals surface area contributed by atoms with Crippen molar-refractivity contribution in [3.8, 4) is 0 Å². The van der Waals surface area contributed by atoms with Gasteiger partial charge >= 0.3 is 5.97 Å². The maximum atomic E-state index is 14.6. The third-order valence-corrected chi connectivity index (χ3v) is 9.36. The summed E-state index contributed by atoms with van der Waals surface area (Å²) in [6.07, 6.45) is 3.31. The van der Waals surface area contributed by atoms with Crippen LogP contribution in [0, 0.1) is 11.8 Å². The number of nitrogens with zero attached hydrogens (tertiary/aromatic N) is 3. The molecule has 40 heavy (non-hydrogen) atoms. The average molecular weight is 619 g/mol. The first kappa shape index (κ1) is 30.3. The van der Waals surface area contributed by atoms with Gasteiger partial charge in [0.15, 0.2) is 0 Å². The van der Waals surface area contributed by atoms with Crippen LogP contribution in [0.25, 0.3) is 0 Å². The predicted molar refractivity (Wildman–Crippen MR) is 157 cm³/mol. The predicted octanol–water partition coefficient (Wildman–Crippen LogP) is 3.30. The van der Waals surface area contributed by atoms with Gasteiger partial charge in [-0.05, 0) is 51.0 Å². The fraction of sp³-hybridized carbons (Fsp3) is 0.567. The number of carbonyl (C=O) groups is 3. The maximum Gasteiger partial charge on any atom is 0.312 e. The molecule has 3 saturated heterocycles. The number of benzene rings is 1. The van der Waals surface area contributed by atoms with Crippen LogP contribution in [0.3, 0.4) is 0 Å². The highest BCUT2D eigenvalue weighted by atomic mass is 79.9. The summed E-state index contributed by atoms with van der Waals surface area (Å²) in [5, 5.41) is 10.3. The second-order valence-corrected chi connectivity index (χ2v) is 11.7. The molecule has 3 aliphatic heterocycles. The lowest BCUT2D eigenvalue weighted by molar-refractivity contribution is -0.154. The summed E-state index contributed by atoms with van der Waals surface area (Å²) < 4.78 is 11.9. The molecule has 218 valence electrons. The van der Waals surface area contributed by atoms with Crippen LogP contribution in [-0.2, 0) is 23.9 Å². The lowest BCUT2D eigenvalue weighted by Gasteiger charge is -2.39. The van der Waals surface area contributed by atoms with E-state index in [9.17, 15) is 19.5 Å². The second kappa shape index (κ2) is 12.4. The first-order chi connectivity index (χ1) is 19.2. The van der Waals surface area contributed by atoms with Crippen molar-refractivity contribution in [2.24, 2.45) is 11.8 Å². The number of hydrogen-bond donors (Lipinski definition) is 1. The molecule has 10 heteroatoms.